The molecule has 136 valence electrons. The lowest BCUT2D eigenvalue weighted by Crippen LogP contribution is -2.53. The minimum Gasteiger partial charge on any atom is -0.340 e. The molecular formula is C18H33N5O. The van der Waals surface area contributed by atoms with Crippen molar-refractivity contribution in [2.24, 2.45) is 5.92 Å². The van der Waals surface area contributed by atoms with Crippen molar-refractivity contribution in [3.63, 3.8) is 0 Å². The van der Waals surface area contributed by atoms with Crippen LogP contribution in [0.5, 0.6) is 0 Å². The minimum atomic E-state index is -0.0305. The summed E-state index contributed by atoms with van der Waals surface area (Å²) >= 11 is 0. The van der Waals surface area contributed by atoms with Crippen molar-refractivity contribution in [2.45, 2.75) is 33.2 Å². The van der Waals surface area contributed by atoms with Crippen molar-refractivity contribution in [1.82, 2.24) is 19.6 Å². The third-order valence-electron chi connectivity index (χ3n) is 5.38. The van der Waals surface area contributed by atoms with Crippen molar-refractivity contribution in [2.75, 3.05) is 65.4 Å². The molecule has 2 heterocycles. The smallest absolute Gasteiger partial charge is 0.223 e. The highest BCUT2D eigenvalue weighted by molar-refractivity contribution is 5.76. The molecule has 2 aliphatic rings. The quantitative estimate of drug-likeness (QED) is 0.715. The summed E-state index contributed by atoms with van der Waals surface area (Å²) in [4.78, 5) is 21.5. The highest BCUT2D eigenvalue weighted by Gasteiger charge is 2.27. The Labute approximate surface area is 147 Å². The predicted molar refractivity (Wildman–Crippen MR) is 95.6 cm³/mol. The Morgan fingerprint density at radius 1 is 1.00 bits per heavy atom. The molecule has 0 aromatic carbocycles. The van der Waals surface area contributed by atoms with E-state index in [0.29, 0.717) is 12.3 Å². The van der Waals surface area contributed by atoms with E-state index in [1.54, 1.807) is 0 Å². The van der Waals surface area contributed by atoms with Gasteiger partial charge < -0.3 is 14.7 Å². The van der Waals surface area contributed by atoms with Crippen molar-refractivity contribution in [3.8, 4) is 6.07 Å². The molecule has 0 aliphatic carbocycles. The monoisotopic (exact) mass is 335 g/mol. The summed E-state index contributed by atoms with van der Waals surface area (Å²) in [5.41, 5.74) is 0. The summed E-state index contributed by atoms with van der Waals surface area (Å²) in [7, 11) is 0. The standard InChI is InChI=1S/C18H33N5O/c1-4-20-7-9-21(10-8-20)6-5-18(24)23-13-11-22(12-14-23)17(15-19)16(2)3/h16-17H,4-14H2,1-3H3. The molecule has 0 aromatic rings. The third-order valence-corrected chi connectivity index (χ3v) is 5.38. The van der Waals surface area contributed by atoms with E-state index in [1.807, 2.05) is 4.90 Å². The number of likely N-dealkylation sites (N-methyl/N-ethyl adjacent to an activating group) is 1. The first kappa shape index (κ1) is 19.2. The Balaban J connectivity index is 1.69. The molecule has 0 aromatic heterocycles. The molecular weight excluding hydrogens is 302 g/mol. The van der Waals surface area contributed by atoms with Crippen LogP contribution in [0.3, 0.4) is 0 Å². The maximum atomic E-state index is 12.4. The molecule has 2 fully saturated rings. The number of nitriles is 1. The normalized spacial score (nSPS) is 22.5. The lowest BCUT2D eigenvalue weighted by atomic mass is 10.0. The summed E-state index contributed by atoms with van der Waals surface area (Å²) in [5, 5.41) is 9.31. The van der Waals surface area contributed by atoms with E-state index in [2.05, 4.69) is 41.5 Å². The predicted octanol–water partition coefficient (Wildman–Crippen LogP) is 0.706. The van der Waals surface area contributed by atoms with Gasteiger partial charge in [0.15, 0.2) is 0 Å². The van der Waals surface area contributed by atoms with Crippen LogP contribution in [0.4, 0.5) is 0 Å². The Bertz CT molecular complexity index is 431. The van der Waals surface area contributed by atoms with Gasteiger partial charge >= 0.3 is 0 Å². The molecule has 0 spiro atoms. The van der Waals surface area contributed by atoms with Gasteiger partial charge in [-0.2, -0.15) is 5.26 Å². The Kier molecular flexibility index (Phi) is 7.47. The molecule has 0 saturated carbocycles. The maximum absolute atomic E-state index is 12.4. The van der Waals surface area contributed by atoms with Gasteiger partial charge in [-0.25, -0.2) is 0 Å². The number of carbonyl (C=O) groups is 1. The lowest BCUT2D eigenvalue weighted by Gasteiger charge is -2.38. The van der Waals surface area contributed by atoms with E-state index in [-0.39, 0.29) is 11.9 Å². The molecule has 2 saturated heterocycles. The molecule has 0 bridgehead atoms. The number of amides is 1. The van der Waals surface area contributed by atoms with Crippen LogP contribution in [0, 0.1) is 17.2 Å². The summed E-state index contributed by atoms with van der Waals surface area (Å²) in [6.45, 7) is 15.9. The molecule has 0 N–H and O–H groups in total. The van der Waals surface area contributed by atoms with E-state index >= 15 is 0 Å². The van der Waals surface area contributed by atoms with Crippen LogP contribution in [-0.2, 0) is 4.79 Å². The molecule has 6 nitrogen and oxygen atoms in total. The van der Waals surface area contributed by atoms with Gasteiger partial charge in [0.2, 0.25) is 5.91 Å². The largest absolute Gasteiger partial charge is 0.340 e. The molecule has 1 unspecified atom stereocenters. The topological polar surface area (TPSA) is 53.8 Å². The summed E-state index contributed by atoms with van der Waals surface area (Å²) < 4.78 is 0. The molecule has 1 atom stereocenters. The van der Waals surface area contributed by atoms with Crippen LogP contribution >= 0.6 is 0 Å². The maximum Gasteiger partial charge on any atom is 0.223 e. The van der Waals surface area contributed by atoms with Crippen LogP contribution in [0.25, 0.3) is 0 Å². The van der Waals surface area contributed by atoms with Gasteiger partial charge in [0, 0.05) is 65.3 Å². The average Bonchev–Trinajstić information content (AvgIpc) is 2.61. The number of hydrogen-bond acceptors (Lipinski definition) is 5. The van der Waals surface area contributed by atoms with Gasteiger partial charge in [-0.3, -0.25) is 9.69 Å². The fraction of sp³-hybridized carbons (Fsp3) is 0.889. The highest BCUT2D eigenvalue weighted by Crippen LogP contribution is 2.14. The lowest BCUT2D eigenvalue weighted by molar-refractivity contribution is -0.133. The zero-order valence-electron chi connectivity index (χ0n) is 15.6. The molecule has 1 amide bonds. The fourth-order valence-corrected chi connectivity index (χ4v) is 3.64. The van der Waals surface area contributed by atoms with Gasteiger partial charge in [-0.1, -0.05) is 20.8 Å². The van der Waals surface area contributed by atoms with Crippen LogP contribution in [-0.4, -0.2) is 97.0 Å². The van der Waals surface area contributed by atoms with Gasteiger partial charge in [0.05, 0.1) is 6.07 Å². The number of carbonyl (C=O) groups excluding carboxylic acids is 1. The van der Waals surface area contributed by atoms with Crippen molar-refractivity contribution < 1.29 is 4.79 Å². The van der Waals surface area contributed by atoms with Crippen LogP contribution in [0.2, 0.25) is 0 Å². The van der Waals surface area contributed by atoms with Crippen molar-refractivity contribution >= 4 is 5.91 Å². The average molecular weight is 335 g/mol. The van der Waals surface area contributed by atoms with E-state index in [0.717, 1.165) is 65.4 Å². The number of piperazine rings is 2. The highest BCUT2D eigenvalue weighted by atomic mass is 16.2. The Morgan fingerprint density at radius 2 is 1.58 bits per heavy atom. The zero-order valence-corrected chi connectivity index (χ0v) is 15.6. The second-order valence-electron chi connectivity index (χ2n) is 7.26. The van der Waals surface area contributed by atoms with Gasteiger partial charge in [-0.15, -0.1) is 0 Å². The second kappa shape index (κ2) is 9.36. The second-order valence-corrected chi connectivity index (χ2v) is 7.26. The zero-order chi connectivity index (χ0) is 17.5. The van der Waals surface area contributed by atoms with E-state index < -0.39 is 0 Å². The summed E-state index contributed by atoms with van der Waals surface area (Å²) in [6, 6.07) is 2.37. The molecule has 2 aliphatic heterocycles. The molecule has 0 radical (unpaired) electrons. The van der Waals surface area contributed by atoms with E-state index in [1.165, 1.54) is 0 Å². The Morgan fingerprint density at radius 3 is 2.08 bits per heavy atom. The summed E-state index contributed by atoms with van der Waals surface area (Å²) in [5.74, 6) is 0.602. The molecule has 24 heavy (non-hydrogen) atoms. The summed E-state index contributed by atoms with van der Waals surface area (Å²) in [6.07, 6.45) is 0.623. The van der Waals surface area contributed by atoms with E-state index in [4.69, 9.17) is 0 Å². The number of nitrogens with zero attached hydrogens (tertiary/aromatic N) is 5. The van der Waals surface area contributed by atoms with Gasteiger partial charge in [-0.05, 0) is 12.5 Å². The van der Waals surface area contributed by atoms with Crippen molar-refractivity contribution in [1.29, 1.82) is 5.26 Å². The SMILES string of the molecule is CCN1CCN(CCC(=O)N2CCN(C(C#N)C(C)C)CC2)CC1. The first-order chi connectivity index (χ1) is 11.5. The molecule has 2 rings (SSSR count). The van der Waals surface area contributed by atoms with Crippen LogP contribution < -0.4 is 0 Å². The van der Waals surface area contributed by atoms with Crippen molar-refractivity contribution in [3.05, 3.63) is 0 Å². The van der Waals surface area contributed by atoms with Gasteiger partial charge in [0.1, 0.15) is 6.04 Å². The van der Waals surface area contributed by atoms with E-state index in [9.17, 15) is 10.1 Å². The van der Waals surface area contributed by atoms with Gasteiger partial charge in [0.25, 0.3) is 0 Å². The third kappa shape index (κ3) is 5.17. The first-order valence-corrected chi connectivity index (χ1v) is 9.41. The first-order valence-electron chi connectivity index (χ1n) is 9.41. The number of rotatable bonds is 6. The fourth-order valence-electron chi connectivity index (χ4n) is 3.64. The molecule has 6 heteroatoms. The van der Waals surface area contributed by atoms with Crippen LogP contribution in [0.1, 0.15) is 27.2 Å². The van der Waals surface area contributed by atoms with Crippen LogP contribution in [0.15, 0.2) is 0 Å². The Hall–Kier alpha value is -1.16. The minimum absolute atomic E-state index is 0.0305. The number of hydrogen-bond donors (Lipinski definition) is 0.